The minimum absolute atomic E-state index is 0.374. The van der Waals surface area contributed by atoms with Crippen molar-refractivity contribution in [3.05, 3.63) is 0 Å². The average molecular weight is 385 g/mol. The Balaban J connectivity index is 4.81. The van der Waals surface area contributed by atoms with E-state index >= 15 is 0 Å². The number of hydrogen-bond donors (Lipinski definition) is 0. The second kappa shape index (κ2) is 12.6. The molecule has 20 heavy (non-hydrogen) atoms. The summed E-state index contributed by atoms with van der Waals surface area (Å²) >= 11 is -0.868. The topological polar surface area (TPSA) is 26.3 Å². The van der Waals surface area contributed by atoms with Gasteiger partial charge < -0.3 is 0 Å². The predicted octanol–water partition coefficient (Wildman–Crippen LogP) is 4.55. The fourth-order valence-electron chi connectivity index (χ4n) is 2.37. The monoisotopic (exact) mass is 386 g/mol. The van der Waals surface area contributed by atoms with Crippen molar-refractivity contribution in [3.63, 3.8) is 0 Å². The molecule has 0 aliphatic carbocycles. The summed E-state index contributed by atoms with van der Waals surface area (Å²) in [6, 6.07) is 0. The van der Waals surface area contributed by atoms with Crippen LogP contribution in [0.2, 0.25) is 3.43 Å². The molecular weight excluding hydrogens is 355 g/mol. The summed E-state index contributed by atoms with van der Waals surface area (Å²) in [5, 5.41) is 0. The number of rotatable bonds is 10. The summed E-state index contributed by atoms with van der Waals surface area (Å²) < 4.78 is 8.35. The molecule has 0 fully saturated rings. The van der Waals surface area contributed by atoms with E-state index in [9.17, 15) is 4.79 Å². The van der Waals surface area contributed by atoms with Crippen LogP contribution in [-0.4, -0.2) is 34.2 Å². The second-order valence-corrected chi connectivity index (χ2v) is 9.91. The van der Waals surface area contributed by atoms with Crippen LogP contribution in [-0.2, 0) is 9.53 Å². The van der Waals surface area contributed by atoms with Crippen LogP contribution in [0.1, 0.15) is 78.6 Å². The Labute approximate surface area is 135 Å². The Morgan fingerprint density at radius 1 is 1.00 bits per heavy atom. The first kappa shape index (κ1) is 19.8. The molecular formula is C17H30O2Sn. The molecule has 0 aliphatic rings. The zero-order valence-corrected chi connectivity index (χ0v) is 16.5. The van der Waals surface area contributed by atoms with Crippen molar-refractivity contribution >= 4 is 27.1 Å². The normalized spacial score (nSPS) is 10.8. The Morgan fingerprint density at radius 2 is 1.45 bits per heavy atom. The number of hydrogen-bond acceptors (Lipinski definition) is 2. The van der Waals surface area contributed by atoms with Gasteiger partial charge in [0.25, 0.3) is 0 Å². The molecule has 0 aliphatic heterocycles. The van der Waals surface area contributed by atoms with Gasteiger partial charge in [-0.3, -0.25) is 0 Å². The van der Waals surface area contributed by atoms with Gasteiger partial charge in [0.1, 0.15) is 0 Å². The summed E-state index contributed by atoms with van der Waals surface area (Å²) in [5.74, 6) is 2.31. The van der Waals surface area contributed by atoms with Gasteiger partial charge in [0.2, 0.25) is 0 Å². The van der Waals surface area contributed by atoms with Crippen molar-refractivity contribution < 1.29 is 9.53 Å². The van der Waals surface area contributed by atoms with Crippen molar-refractivity contribution in [1.29, 1.82) is 0 Å². The van der Waals surface area contributed by atoms with Crippen molar-refractivity contribution in [2.24, 2.45) is 0 Å². The quantitative estimate of drug-likeness (QED) is 0.313. The summed E-state index contributed by atoms with van der Waals surface area (Å²) in [6.45, 7) is 6.78. The van der Waals surface area contributed by atoms with Gasteiger partial charge in [0.15, 0.2) is 0 Å². The summed E-state index contributed by atoms with van der Waals surface area (Å²) in [5.41, 5.74) is 0. The van der Waals surface area contributed by atoms with Crippen molar-refractivity contribution in [2.75, 3.05) is 7.11 Å². The number of carbonyl (C=O) groups excluding carboxylic acids is 1. The number of ether oxygens (including phenoxy) is 1. The molecule has 0 N–H and O–H groups in total. The third-order valence-electron chi connectivity index (χ3n) is 3.70. The number of methoxy groups -OCH3 is 1. The molecule has 114 valence electrons. The standard InChI is InChI=1S/C13H27.C4H3O2.Sn/c1-4-7-10-13(11-8-5-2)12-9-6-3;1-3-4(5)6-2;/h4-12H2,1-3H3;2H3;. The van der Waals surface area contributed by atoms with E-state index < -0.39 is 21.1 Å². The van der Waals surface area contributed by atoms with Gasteiger partial charge in [-0.25, -0.2) is 0 Å². The maximum absolute atomic E-state index is 11.2. The van der Waals surface area contributed by atoms with E-state index in [1.165, 1.54) is 64.9 Å². The van der Waals surface area contributed by atoms with Crippen molar-refractivity contribution in [3.8, 4) is 9.86 Å². The molecule has 0 atom stereocenters. The van der Waals surface area contributed by atoms with Crippen LogP contribution in [0.15, 0.2) is 0 Å². The molecule has 2 nitrogen and oxygen atoms in total. The third kappa shape index (κ3) is 8.89. The fraction of sp³-hybridized carbons (Fsp3) is 0.824. The third-order valence-corrected chi connectivity index (χ3v) is 8.07. The molecule has 0 bridgehead atoms. The molecule has 0 saturated carbocycles. The average Bonchev–Trinajstić information content (AvgIpc) is 2.48. The van der Waals surface area contributed by atoms with Crippen LogP contribution in [0.5, 0.6) is 0 Å². The molecule has 0 heterocycles. The van der Waals surface area contributed by atoms with E-state index in [1.54, 1.807) is 0 Å². The van der Waals surface area contributed by atoms with Crippen LogP contribution in [0.25, 0.3) is 0 Å². The predicted molar refractivity (Wildman–Crippen MR) is 86.8 cm³/mol. The fourth-order valence-corrected chi connectivity index (χ4v) is 6.18. The molecule has 0 unspecified atom stereocenters. The Kier molecular flexibility index (Phi) is 12.5. The molecule has 0 aromatic rings. The van der Waals surface area contributed by atoms with Gasteiger partial charge in [0.05, 0.1) is 0 Å². The van der Waals surface area contributed by atoms with Gasteiger partial charge in [-0.15, -0.1) is 0 Å². The maximum atomic E-state index is 11.2. The van der Waals surface area contributed by atoms with Gasteiger partial charge >= 0.3 is 136 Å². The Morgan fingerprint density at radius 3 is 1.80 bits per heavy atom. The van der Waals surface area contributed by atoms with Crippen molar-refractivity contribution in [2.45, 2.75) is 82.0 Å². The SMILES string of the molecule is CCCC[C](CCCC)(CCCC)[Sn][C]#CC(=O)OC. The number of esters is 1. The summed E-state index contributed by atoms with van der Waals surface area (Å²) in [4.78, 5) is 11.2. The van der Waals surface area contributed by atoms with E-state index in [-0.39, 0.29) is 5.97 Å². The zero-order chi connectivity index (χ0) is 15.3. The molecule has 0 spiro atoms. The molecule has 0 saturated heterocycles. The summed E-state index contributed by atoms with van der Waals surface area (Å²) in [6.07, 6.45) is 11.6. The van der Waals surface area contributed by atoms with E-state index in [0.717, 1.165) is 0 Å². The molecule has 0 aromatic carbocycles. The van der Waals surface area contributed by atoms with Crippen LogP contribution in [0.4, 0.5) is 0 Å². The molecule has 0 rings (SSSR count). The van der Waals surface area contributed by atoms with Crippen LogP contribution in [0, 0.1) is 9.86 Å². The van der Waals surface area contributed by atoms with Crippen LogP contribution in [0.3, 0.4) is 0 Å². The van der Waals surface area contributed by atoms with Gasteiger partial charge in [-0.05, 0) is 0 Å². The zero-order valence-electron chi connectivity index (χ0n) is 13.7. The minimum atomic E-state index is -0.868. The van der Waals surface area contributed by atoms with Gasteiger partial charge in [-0.2, -0.15) is 0 Å². The van der Waals surface area contributed by atoms with E-state index in [2.05, 4.69) is 35.4 Å². The molecule has 2 radical (unpaired) electrons. The number of unbranched alkanes of at least 4 members (excludes halogenated alkanes) is 3. The molecule has 0 amide bonds. The first-order chi connectivity index (χ1) is 9.64. The van der Waals surface area contributed by atoms with E-state index in [1.807, 2.05) is 0 Å². The van der Waals surface area contributed by atoms with Gasteiger partial charge in [-0.1, -0.05) is 0 Å². The Hall–Kier alpha value is -0.171. The Bertz CT molecular complexity index is 293. The van der Waals surface area contributed by atoms with Crippen molar-refractivity contribution in [1.82, 2.24) is 0 Å². The molecule has 3 heteroatoms. The first-order valence-corrected chi connectivity index (χ1v) is 10.9. The van der Waals surface area contributed by atoms with E-state index in [0.29, 0.717) is 3.43 Å². The second-order valence-electron chi connectivity index (χ2n) is 5.46. The van der Waals surface area contributed by atoms with Gasteiger partial charge in [0, 0.05) is 0 Å². The van der Waals surface area contributed by atoms with E-state index in [4.69, 9.17) is 0 Å². The first-order valence-electron chi connectivity index (χ1n) is 8.00. The molecule has 0 aromatic heterocycles. The summed E-state index contributed by atoms with van der Waals surface area (Å²) in [7, 11) is 1.40. The number of carbonyl (C=O) groups is 1. The van der Waals surface area contributed by atoms with Crippen LogP contribution < -0.4 is 0 Å². The van der Waals surface area contributed by atoms with Crippen LogP contribution >= 0.6 is 0 Å².